The number of aromatic nitrogens is 1. The average molecular weight is 150 g/mol. The lowest BCUT2D eigenvalue weighted by Crippen LogP contribution is -1.91. The van der Waals surface area contributed by atoms with Gasteiger partial charge in [0, 0.05) is 0 Å². The molecule has 0 saturated carbocycles. The highest BCUT2D eigenvalue weighted by Crippen LogP contribution is 2.05. The van der Waals surface area contributed by atoms with Crippen LogP contribution in [0.3, 0.4) is 0 Å². The van der Waals surface area contributed by atoms with Crippen LogP contribution in [0.25, 0.3) is 0 Å². The van der Waals surface area contributed by atoms with E-state index in [4.69, 9.17) is 5.26 Å². The number of aryl methyl sites for hydroxylation is 1. The number of pyridine rings is 1. The molecule has 1 rings (SSSR count). The highest BCUT2D eigenvalue weighted by atomic mass is 19.1. The fourth-order valence-corrected chi connectivity index (χ4v) is 0.806. The third-order valence-corrected chi connectivity index (χ3v) is 1.40. The van der Waals surface area contributed by atoms with Gasteiger partial charge in [-0.25, -0.2) is 4.39 Å². The highest BCUT2D eigenvalue weighted by Gasteiger charge is 1.99. The van der Waals surface area contributed by atoms with Crippen molar-refractivity contribution in [2.75, 3.05) is 0 Å². The number of nitriles is 1. The van der Waals surface area contributed by atoms with Gasteiger partial charge in [0.25, 0.3) is 0 Å². The van der Waals surface area contributed by atoms with Crippen molar-refractivity contribution in [2.24, 2.45) is 0 Å². The minimum absolute atomic E-state index is 0.376. The van der Waals surface area contributed by atoms with Crippen molar-refractivity contribution in [3.05, 3.63) is 29.1 Å². The molecule has 0 bridgehead atoms. The molecule has 11 heavy (non-hydrogen) atoms. The lowest BCUT2D eigenvalue weighted by Gasteiger charge is -1.97. The molecule has 0 aliphatic rings. The molecule has 0 amide bonds. The zero-order valence-electron chi connectivity index (χ0n) is 6.13. The fraction of sp³-hybridized carbons (Fsp3) is 0.250. The Morgan fingerprint density at radius 2 is 2.36 bits per heavy atom. The summed E-state index contributed by atoms with van der Waals surface area (Å²) in [6, 6.07) is 5.06. The maximum Gasteiger partial charge on any atom is 0.131 e. The third kappa shape index (κ3) is 1.53. The van der Waals surface area contributed by atoms with Crippen molar-refractivity contribution >= 4 is 0 Å². The van der Waals surface area contributed by atoms with Crippen LogP contribution in [0.2, 0.25) is 0 Å². The molecule has 0 radical (unpaired) electrons. The zero-order chi connectivity index (χ0) is 8.27. The predicted octanol–water partition coefficient (Wildman–Crippen LogP) is 1.73. The summed E-state index contributed by atoms with van der Waals surface area (Å²) < 4.78 is 12.0. The summed E-state index contributed by atoms with van der Waals surface area (Å²) in [4.78, 5) is 3.86. The summed E-state index contributed by atoms with van der Waals surface area (Å²) in [6.07, 6.45) is 0. The van der Waals surface area contributed by atoms with E-state index in [2.05, 4.69) is 4.98 Å². The van der Waals surface area contributed by atoms with Crippen LogP contribution in [0.4, 0.5) is 4.39 Å². The van der Waals surface area contributed by atoms with Gasteiger partial charge in [0.2, 0.25) is 0 Å². The van der Waals surface area contributed by atoms with Gasteiger partial charge in [0.05, 0.1) is 17.0 Å². The van der Waals surface area contributed by atoms with Crippen LogP contribution in [0.1, 0.15) is 17.0 Å². The van der Waals surface area contributed by atoms with E-state index in [0.29, 0.717) is 17.0 Å². The molecular formula is C8H7FN2. The average Bonchev–Trinajstić information content (AvgIpc) is 2.04. The Morgan fingerprint density at radius 1 is 1.64 bits per heavy atom. The zero-order valence-corrected chi connectivity index (χ0v) is 6.13. The molecule has 3 heteroatoms. The quantitative estimate of drug-likeness (QED) is 0.611. The summed E-state index contributed by atoms with van der Waals surface area (Å²) in [6.45, 7) is 1.12. The monoisotopic (exact) mass is 150 g/mol. The summed E-state index contributed by atoms with van der Waals surface area (Å²) >= 11 is 0. The third-order valence-electron chi connectivity index (χ3n) is 1.40. The van der Waals surface area contributed by atoms with Gasteiger partial charge in [-0.05, 0) is 19.1 Å². The van der Waals surface area contributed by atoms with Crippen molar-refractivity contribution in [1.29, 1.82) is 5.26 Å². The number of hydrogen-bond donors (Lipinski definition) is 0. The van der Waals surface area contributed by atoms with Gasteiger partial charge >= 0.3 is 0 Å². The van der Waals surface area contributed by atoms with E-state index in [1.807, 2.05) is 6.07 Å². The number of alkyl halides is 1. The lowest BCUT2D eigenvalue weighted by molar-refractivity contribution is 0.475. The smallest absolute Gasteiger partial charge is 0.131 e. The normalized spacial score (nSPS) is 9.18. The Hall–Kier alpha value is -1.43. The minimum Gasteiger partial charge on any atom is -0.254 e. The van der Waals surface area contributed by atoms with Crippen LogP contribution in [0.15, 0.2) is 12.1 Å². The Kier molecular flexibility index (Phi) is 2.17. The van der Waals surface area contributed by atoms with E-state index < -0.39 is 6.67 Å². The Labute approximate surface area is 64.3 Å². The Balaban J connectivity index is 3.12. The van der Waals surface area contributed by atoms with Crippen molar-refractivity contribution in [2.45, 2.75) is 13.6 Å². The minimum atomic E-state index is -0.577. The fourth-order valence-electron chi connectivity index (χ4n) is 0.806. The topological polar surface area (TPSA) is 36.7 Å². The molecule has 0 saturated heterocycles. The van der Waals surface area contributed by atoms with E-state index >= 15 is 0 Å². The van der Waals surface area contributed by atoms with E-state index in [9.17, 15) is 4.39 Å². The van der Waals surface area contributed by atoms with Crippen LogP contribution in [-0.4, -0.2) is 4.98 Å². The molecule has 56 valence electrons. The number of hydrogen-bond acceptors (Lipinski definition) is 2. The summed E-state index contributed by atoms with van der Waals surface area (Å²) in [7, 11) is 0. The van der Waals surface area contributed by atoms with Gasteiger partial charge in [-0.1, -0.05) is 0 Å². The van der Waals surface area contributed by atoms with Crippen molar-refractivity contribution < 1.29 is 4.39 Å². The second-order valence-electron chi connectivity index (χ2n) is 2.18. The second kappa shape index (κ2) is 3.11. The number of nitrogens with zero attached hydrogens (tertiary/aromatic N) is 2. The molecule has 0 spiro atoms. The maximum atomic E-state index is 12.0. The van der Waals surface area contributed by atoms with Gasteiger partial charge in [0.1, 0.15) is 12.7 Å². The Bertz CT molecular complexity index is 301. The summed E-state index contributed by atoms with van der Waals surface area (Å²) in [5.74, 6) is 0. The van der Waals surface area contributed by atoms with Crippen LogP contribution in [0, 0.1) is 18.3 Å². The molecule has 1 aromatic rings. The molecule has 0 unspecified atom stereocenters. The molecule has 0 N–H and O–H groups in total. The molecular weight excluding hydrogens is 143 g/mol. The van der Waals surface area contributed by atoms with Gasteiger partial charge in [-0.2, -0.15) is 5.26 Å². The first-order valence-corrected chi connectivity index (χ1v) is 3.20. The Morgan fingerprint density at radius 3 is 2.82 bits per heavy atom. The molecule has 0 aliphatic carbocycles. The molecule has 1 heterocycles. The van der Waals surface area contributed by atoms with Gasteiger partial charge in [-0.3, -0.25) is 4.98 Å². The van der Waals surface area contributed by atoms with E-state index in [1.54, 1.807) is 13.0 Å². The number of halogens is 1. The number of rotatable bonds is 1. The first-order chi connectivity index (χ1) is 5.27. The SMILES string of the molecule is Cc1nc(CF)ccc1C#N. The maximum absolute atomic E-state index is 12.0. The van der Waals surface area contributed by atoms with Gasteiger partial charge < -0.3 is 0 Å². The van der Waals surface area contributed by atoms with E-state index in [0.717, 1.165) is 0 Å². The van der Waals surface area contributed by atoms with Gasteiger partial charge in [0.15, 0.2) is 0 Å². The first-order valence-electron chi connectivity index (χ1n) is 3.20. The molecule has 0 aliphatic heterocycles. The highest BCUT2D eigenvalue weighted by molar-refractivity contribution is 5.33. The predicted molar refractivity (Wildman–Crippen MR) is 38.5 cm³/mol. The van der Waals surface area contributed by atoms with E-state index in [1.165, 1.54) is 6.07 Å². The molecule has 0 atom stereocenters. The molecule has 1 aromatic heterocycles. The standard InChI is InChI=1S/C8H7FN2/c1-6-7(5-10)2-3-8(4-9)11-6/h2-3H,4H2,1H3. The van der Waals surface area contributed by atoms with Crippen LogP contribution >= 0.6 is 0 Å². The van der Waals surface area contributed by atoms with Crippen LogP contribution in [0.5, 0.6) is 0 Å². The molecule has 0 aromatic carbocycles. The van der Waals surface area contributed by atoms with E-state index in [-0.39, 0.29) is 0 Å². The van der Waals surface area contributed by atoms with Crippen molar-refractivity contribution in [3.63, 3.8) is 0 Å². The first kappa shape index (κ1) is 7.67. The summed E-state index contributed by atoms with van der Waals surface area (Å²) in [5, 5.41) is 8.50. The lowest BCUT2D eigenvalue weighted by atomic mass is 10.2. The second-order valence-corrected chi connectivity index (χ2v) is 2.18. The van der Waals surface area contributed by atoms with Crippen molar-refractivity contribution in [3.8, 4) is 6.07 Å². The largest absolute Gasteiger partial charge is 0.254 e. The van der Waals surface area contributed by atoms with Crippen LogP contribution < -0.4 is 0 Å². The van der Waals surface area contributed by atoms with Crippen molar-refractivity contribution in [1.82, 2.24) is 4.98 Å². The molecule has 2 nitrogen and oxygen atoms in total. The van der Waals surface area contributed by atoms with Crippen LogP contribution in [-0.2, 0) is 6.67 Å². The van der Waals surface area contributed by atoms with Gasteiger partial charge in [-0.15, -0.1) is 0 Å². The summed E-state index contributed by atoms with van der Waals surface area (Å²) in [5.41, 5.74) is 1.46. The molecule has 0 fully saturated rings.